The number of benzene rings is 2. The van der Waals surface area contributed by atoms with E-state index in [1.807, 2.05) is 24.3 Å². The molecule has 0 aliphatic rings. The number of carbonyl (C=O) groups excluding carboxylic acids is 1. The highest BCUT2D eigenvalue weighted by Gasteiger charge is 2.05. The van der Waals surface area contributed by atoms with Gasteiger partial charge in [0.05, 0.1) is 12.8 Å². The van der Waals surface area contributed by atoms with E-state index in [0.717, 1.165) is 12.0 Å². The zero-order chi connectivity index (χ0) is 19.3. The average molecular weight is 387 g/mol. The summed E-state index contributed by atoms with van der Waals surface area (Å²) >= 11 is 6.08. The standard InChI is InChI=1S/C22H27ClN2O2/c1-2-3-4-5-6-10-15-27-21-14-13-20(23)16-19(21)17-24-25-22(26)18-11-8-7-9-12-18/h7-9,11-14,16-17H,2-6,10,15H2,1H3,(H,25,26)/b24-17+. The molecule has 0 radical (unpaired) electrons. The van der Waals surface area contributed by atoms with Gasteiger partial charge in [-0.1, -0.05) is 68.8 Å². The number of amides is 1. The van der Waals surface area contributed by atoms with Crippen LogP contribution in [-0.4, -0.2) is 18.7 Å². The maximum Gasteiger partial charge on any atom is 0.271 e. The second-order valence-corrected chi connectivity index (χ2v) is 6.80. The van der Waals surface area contributed by atoms with E-state index >= 15 is 0 Å². The van der Waals surface area contributed by atoms with Gasteiger partial charge in [-0.3, -0.25) is 4.79 Å². The van der Waals surface area contributed by atoms with Crippen molar-refractivity contribution >= 4 is 23.7 Å². The highest BCUT2D eigenvalue weighted by atomic mass is 35.5. The quantitative estimate of drug-likeness (QED) is 0.299. The molecule has 2 aromatic carbocycles. The molecule has 4 nitrogen and oxygen atoms in total. The van der Waals surface area contributed by atoms with Crippen LogP contribution >= 0.6 is 11.6 Å². The Morgan fingerprint density at radius 1 is 1.07 bits per heavy atom. The molecule has 0 atom stereocenters. The van der Waals surface area contributed by atoms with Gasteiger partial charge in [-0.25, -0.2) is 5.43 Å². The van der Waals surface area contributed by atoms with Crippen LogP contribution in [0.25, 0.3) is 0 Å². The molecule has 0 unspecified atom stereocenters. The van der Waals surface area contributed by atoms with Crippen molar-refractivity contribution in [3.63, 3.8) is 0 Å². The van der Waals surface area contributed by atoms with Crippen LogP contribution in [0.5, 0.6) is 5.75 Å². The van der Waals surface area contributed by atoms with Crippen LogP contribution in [0, 0.1) is 0 Å². The molecule has 0 bridgehead atoms. The summed E-state index contributed by atoms with van der Waals surface area (Å²) in [6.45, 7) is 2.87. The van der Waals surface area contributed by atoms with Gasteiger partial charge in [0.1, 0.15) is 5.75 Å². The lowest BCUT2D eigenvalue weighted by atomic mass is 10.1. The van der Waals surface area contributed by atoms with E-state index in [9.17, 15) is 4.79 Å². The van der Waals surface area contributed by atoms with Gasteiger partial charge < -0.3 is 4.74 Å². The molecule has 0 aliphatic carbocycles. The number of nitrogens with zero attached hydrogens (tertiary/aromatic N) is 1. The third kappa shape index (κ3) is 7.83. The summed E-state index contributed by atoms with van der Waals surface area (Å²) in [7, 11) is 0. The normalized spacial score (nSPS) is 10.9. The van der Waals surface area contributed by atoms with Gasteiger partial charge in [-0.2, -0.15) is 5.10 Å². The summed E-state index contributed by atoms with van der Waals surface area (Å²) in [6, 6.07) is 14.3. The topological polar surface area (TPSA) is 50.7 Å². The minimum atomic E-state index is -0.261. The maximum atomic E-state index is 12.0. The number of unbranched alkanes of at least 4 members (excludes halogenated alkanes) is 5. The predicted molar refractivity (Wildman–Crippen MR) is 112 cm³/mol. The number of carbonyl (C=O) groups is 1. The Morgan fingerprint density at radius 2 is 1.81 bits per heavy atom. The molecule has 0 aliphatic heterocycles. The van der Waals surface area contributed by atoms with Crippen LogP contribution in [0.2, 0.25) is 5.02 Å². The van der Waals surface area contributed by atoms with Crippen LogP contribution in [-0.2, 0) is 0 Å². The lowest BCUT2D eigenvalue weighted by molar-refractivity contribution is 0.0955. The van der Waals surface area contributed by atoms with E-state index in [4.69, 9.17) is 16.3 Å². The zero-order valence-corrected chi connectivity index (χ0v) is 16.5. The molecule has 0 aromatic heterocycles. The molecule has 2 rings (SSSR count). The number of hydrazone groups is 1. The van der Waals surface area contributed by atoms with Crippen molar-refractivity contribution in [2.45, 2.75) is 45.4 Å². The first-order valence-corrected chi connectivity index (χ1v) is 9.89. The van der Waals surface area contributed by atoms with Crippen molar-refractivity contribution in [3.05, 3.63) is 64.7 Å². The maximum absolute atomic E-state index is 12.0. The first kappa shape index (κ1) is 21.0. The fourth-order valence-electron chi connectivity index (χ4n) is 2.63. The summed E-state index contributed by atoms with van der Waals surface area (Å²) in [5, 5.41) is 4.63. The lowest BCUT2D eigenvalue weighted by Crippen LogP contribution is -2.17. The monoisotopic (exact) mass is 386 g/mol. The Balaban J connectivity index is 1.86. The third-order valence-electron chi connectivity index (χ3n) is 4.13. The average Bonchev–Trinajstić information content (AvgIpc) is 2.69. The predicted octanol–water partition coefficient (Wildman–Crippen LogP) is 5.84. The van der Waals surface area contributed by atoms with Crippen LogP contribution in [0.4, 0.5) is 0 Å². The van der Waals surface area contributed by atoms with Gasteiger partial charge in [-0.05, 0) is 36.8 Å². The third-order valence-corrected chi connectivity index (χ3v) is 4.37. The molecule has 1 amide bonds. The second-order valence-electron chi connectivity index (χ2n) is 6.36. The van der Waals surface area contributed by atoms with E-state index < -0.39 is 0 Å². The SMILES string of the molecule is CCCCCCCCOc1ccc(Cl)cc1/C=N/NC(=O)c1ccccc1. The molecule has 2 aromatic rings. The molecule has 5 heteroatoms. The van der Waals surface area contributed by atoms with Crippen molar-refractivity contribution in [1.82, 2.24) is 5.43 Å². The zero-order valence-electron chi connectivity index (χ0n) is 15.8. The Hall–Kier alpha value is -2.33. The van der Waals surface area contributed by atoms with Gasteiger partial charge >= 0.3 is 0 Å². The van der Waals surface area contributed by atoms with Crippen molar-refractivity contribution in [2.24, 2.45) is 5.10 Å². The number of ether oxygens (including phenoxy) is 1. The van der Waals surface area contributed by atoms with Gasteiger partial charge in [0.2, 0.25) is 0 Å². The first-order valence-electron chi connectivity index (χ1n) is 9.51. The fraction of sp³-hybridized carbons (Fsp3) is 0.364. The molecular weight excluding hydrogens is 360 g/mol. The van der Waals surface area contributed by atoms with Crippen molar-refractivity contribution in [3.8, 4) is 5.75 Å². The highest BCUT2D eigenvalue weighted by Crippen LogP contribution is 2.22. The summed E-state index contributed by atoms with van der Waals surface area (Å²) < 4.78 is 5.88. The minimum Gasteiger partial charge on any atom is -0.493 e. The van der Waals surface area contributed by atoms with Gasteiger partial charge in [0.25, 0.3) is 5.91 Å². The summed E-state index contributed by atoms with van der Waals surface area (Å²) in [5.41, 5.74) is 3.82. The van der Waals surface area contributed by atoms with Crippen molar-refractivity contribution in [2.75, 3.05) is 6.61 Å². The molecule has 0 heterocycles. The largest absolute Gasteiger partial charge is 0.493 e. The number of rotatable bonds is 11. The van der Waals surface area contributed by atoms with Gasteiger partial charge in [-0.15, -0.1) is 0 Å². The van der Waals surface area contributed by atoms with E-state index in [-0.39, 0.29) is 5.91 Å². The van der Waals surface area contributed by atoms with Gasteiger partial charge in [0.15, 0.2) is 0 Å². The van der Waals surface area contributed by atoms with E-state index in [2.05, 4.69) is 17.5 Å². The Bertz CT molecular complexity index is 732. The molecule has 0 saturated carbocycles. The molecule has 0 fully saturated rings. The number of nitrogens with one attached hydrogen (secondary N) is 1. The van der Waals surface area contributed by atoms with Gasteiger partial charge in [0, 0.05) is 16.1 Å². The van der Waals surface area contributed by atoms with Crippen LogP contribution in [0.3, 0.4) is 0 Å². The molecular formula is C22H27ClN2O2. The number of hydrogen-bond acceptors (Lipinski definition) is 3. The Labute approximate surface area is 166 Å². The molecule has 27 heavy (non-hydrogen) atoms. The molecule has 144 valence electrons. The minimum absolute atomic E-state index is 0.261. The van der Waals surface area contributed by atoms with E-state index in [0.29, 0.717) is 22.9 Å². The molecule has 0 spiro atoms. The number of hydrogen-bond donors (Lipinski definition) is 1. The fourth-order valence-corrected chi connectivity index (χ4v) is 2.81. The van der Waals surface area contributed by atoms with E-state index in [1.165, 1.54) is 32.1 Å². The summed E-state index contributed by atoms with van der Waals surface area (Å²) in [4.78, 5) is 12.0. The number of halogens is 1. The van der Waals surface area contributed by atoms with Crippen molar-refractivity contribution < 1.29 is 9.53 Å². The van der Waals surface area contributed by atoms with Crippen LogP contribution in [0.15, 0.2) is 53.6 Å². The molecule has 1 N–H and O–H groups in total. The Kier molecular flexibility index (Phi) is 9.42. The van der Waals surface area contributed by atoms with Crippen molar-refractivity contribution in [1.29, 1.82) is 0 Å². The van der Waals surface area contributed by atoms with E-state index in [1.54, 1.807) is 30.5 Å². The first-order chi connectivity index (χ1) is 13.2. The lowest BCUT2D eigenvalue weighted by Gasteiger charge is -2.09. The molecule has 0 saturated heterocycles. The van der Waals surface area contributed by atoms with Crippen LogP contribution in [0.1, 0.15) is 61.4 Å². The summed E-state index contributed by atoms with van der Waals surface area (Å²) in [5.74, 6) is 0.453. The summed E-state index contributed by atoms with van der Waals surface area (Å²) in [6.07, 6.45) is 8.84. The Morgan fingerprint density at radius 3 is 2.59 bits per heavy atom. The van der Waals surface area contributed by atoms with Crippen LogP contribution < -0.4 is 10.2 Å². The smallest absolute Gasteiger partial charge is 0.271 e. The highest BCUT2D eigenvalue weighted by molar-refractivity contribution is 6.30. The second kappa shape index (κ2) is 12.1.